The molecule has 2 rings (SSSR count). The highest BCUT2D eigenvalue weighted by Gasteiger charge is 2.30. The van der Waals surface area contributed by atoms with Crippen LogP contribution < -0.4 is 10.1 Å². The molecule has 3 heteroatoms. The summed E-state index contributed by atoms with van der Waals surface area (Å²) in [6.07, 6.45) is 10.9. The van der Waals surface area contributed by atoms with E-state index in [-0.39, 0.29) is 0 Å². The van der Waals surface area contributed by atoms with Crippen molar-refractivity contribution in [1.29, 1.82) is 0 Å². The zero-order valence-corrected chi connectivity index (χ0v) is 13.9. The van der Waals surface area contributed by atoms with Crippen LogP contribution in [-0.4, -0.2) is 24.2 Å². The van der Waals surface area contributed by atoms with Crippen LogP contribution in [0.5, 0.6) is 5.75 Å². The van der Waals surface area contributed by atoms with Gasteiger partial charge in [0.2, 0.25) is 0 Å². The molecule has 1 aliphatic rings. The molecule has 1 aromatic carbocycles. The Kier molecular flexibility index (Phi) is 6.65. The zero-order valence-electron chi connectivity index (χ0n) is 13.1. The standard InChI is InChI=1S/C18H27NOS/c1-3-13-20-17-10-6-5-9-16(17)14-19-15-18(21-2)11-7-4-8-12-18/h3,5-6,9-10,19H,1,4,7-8,11-15H2,2H3. The number of rotatable bonds is 8. The first-order valence-corrected chi connectivity index (χ1v) is 9.10. The Balaban J connectivity index is 1.89. The number of thioether (sulfide) groups is 1. The maximum absolute atomic E-state index is 5.72. The summed E-state index contributed by atoms with van der Waals surface area (Å²) < 4.78 is 6.16. The Morgan fingerprint density at radius 1 is 1.29 bits per heavy atom. The van der Waals surface area contributed by atoms with Crippen molar-refractivity contribution < 1.29 is 4.74 Å². The lowest BCUT2D eigenvalue weighted by Crippen LogP contribution is -2.39. The van der Waals surface area contributed by atoms with E-state index in [1.54, 1.807) is 6.08 Å². The Hall–Kier alpha value is -0.930. The van der Waals surface area contributed by atoms with Crippen molar-refractivity contribution in [3.8, 4) is 5.75 Å². The van der Waals surface area contributed by atoms with E-state index in [9.17, 15) is 0 Å². The minimum Gasteiger partial charge on any atom is -0.489 e. The van der Waals surface area contributed by atoms with E-state index in [2.05, 4.69) is 30.3 Å². The third kappa shape index (κ3) is 4.79. The van der Waals surface area contributed by atoms with Gasteiger partial charge >= 0.3 is 0 Å². The van der Waals surface area contributed by atoms with Crippen molar-refractivity contribution in [2.45, 2.75) is 43.4 Å². The molecule has 116 valence electrons. The molecule has 21 heavy (non-hydrogen) atoms. The molecule has 1 aromatic rings. The van der Waals surface area contributed by atoms with Gasteiger partial charge in [0.1, 0.15) is 12.4 Å². The SMILES string of the molecule is C=CCOc1ccccc1CNCC1(SC)CCCCC1. The van der Waals surface area contributed by atoms with Gasteiger partial charge in [-0.25, -0.2) is 0 Å². The Morgan fingerprint density at radius 2 is 2.05 bits per heavy atom. The third-order valence-corrected chi connectivity index (χ3v) is 5.71. The molecule has 2 nitrogen and oxygen atoms in total. The lowest BCUT2D eigenvalue weighted by Gasteiger charge is -2.36. The van der Waals surface area contributed by atoms with E-state index in [0.717, 1.165) is 18.8 Å². The summed E-state index contributed by atoms with van der Waals surface area (Å²) in [6, 6.07) is 8.26. The topological polar surface area (TPSA) is 21.3 Å². The molecule has 1 aliphatic carbocycles. The van der Waals surface area contributed by atoms with E-state index in [4.69, 9.17) is 4.74 Å². The number of para-hydroxylation sites is 1. The fraction of sp³-hybridized carbons (Fsp3) is 0.556. The quantitative estimate of drug-likeness (QED) is 0.719. The first-order valence-electron chi connectivity index (χ1n) is 7.87. The molecular weight excluding hydrogens is 278 g/mol. The minimum atomic E-state index is 0.440. The first-order chi connectivity index (χ1) is 10.3. The third-order valence-electron chi connectivity index (χ3n) is 4.29. The largest absolute Gasteiger partial charge is 0.489 e. The van der Waals surface area contributed by atoms with Gasteiger partial charge in [0.25, 0.3) is 0 Å². The van der Waals surface area contributed by atoms with Crippen molar-refractivity contribution in [1.82, 2.24) is 5.32 Å². The average Bonchev–Trinajstić information content (AvgIpc) is 2.55. The molecule has 0 atom stereocenters. The lowest BCUT2D eigenvalue weighted by atomic mass is 9.88. The molecule has 0 heterocycles. The monoisotopic (exact) mass is 305 g/mol. The predicted molar refractivity (Wildman–Crippen MR) is 93.2 cm³/mol. The molecule has 0 unspecified atom stereocenters. The number of benzene rings is 1. The summed E-state index contributed by atoms with van der Waals surface area (Å²) in [5, 5.41) is 3.65. The van der Waals surface area contributed by atoms with E-state index < -0.39 is 0 Å². The van der Waals surface area contributed by atoms with Crippen molar-refractivity contribution >= 4 is 11.8 Å². The molecular formula is C18H27NOS. The van der Waals surface area contributed by atoms with Crippen LogP contribution in [0.2, 0.25) is 0 Å². The van der Waals surface area contributed by atoms with E-state index >= 15 is 0 Å². The van der Waals surface area contributed by atoms with Crippen LogP contribution in [0.15, 0.2) is 36.9 Å². The molecule has 0 saturated heterocycles. The summed E-state index contributed by atoms with van der Waals surface area (Å²) in [7, 11) is 0. The summed E-state index contributed by atoms with van der Waals surface area (Å²) in [5.74, 6) is 0.965. The fourth-order valence-electron chi connectivity index (χ4n) is 3.01. The summed E-state index contributed by atoms with van der Waals surface area (Å²) in [4.78, 5) is 0. The van der Waals surface area contributed by atoms with Crippen LogP contribution in [0.1, 0.15) is 37.7 Å². The van der Waals surface area contributed by atoms with Crippen LogP contribution in [0.4, 0.5) is 0 Å². The maximum atomic E-state index is 5.72. The molecule has 1 N–H and O–H groups in total. The minimum absolute atomic E-state index is 0.440. The zero-order chi connectivity index (χ0) is 15.0. The number of hydrogen-bond donors (Lipinski definition) is 1. The highest BCUT2D eigenvalue weighted by Crippen LogP contribution is 2.38. The number of nitrogens with one attached hydrogen (secondary N) is 1. The summed E-state index contributed by atoms with van der Waals surface area (Å²) in [6.45, 7) is 6.22. The van der Waals surface area contributed by atoms with E-state index in [0.29, 0.717) is 11.4 Å². The second kappa shape index (κ2) is 8.50. The van der Waals surface area contributed by atoms with E-state index in [1.807, 2.05) is 23.9 Å². The van der Waals surface area contributed by atoms with Crippen LogP contribution in [-0.2, 0) is 6.54 Å². The highest BCUT2D eigenvalue weighted by atomic mass is 32.2. The van der Waals surface area contributed by atoms with Gasteiger partial charge in [-0.15, -0.1) is 0 Å². The summed E-state index contributed by atoms with van der Waals surface area (Å²) in [5.41, 5.74) is 1.23. The van der Waals surface area contributed by atoms with Crippen molar-refractivity contribution in [2.24, 2.45) is 0 Å². The van der Waals surface area contributed by atoms with Crippen molar-refractivity contribution in [3.63, 3.8) is 0 Å². The van der Waals surface area contributed by atoms with Gasteiger partial charge in [-0.1, -0.05) is 50.1 Å². The van der Waals surface area contributed by atoms with Crippen LogP contribution >= 0.6 is 11.8 Å². The average molecular weight is 305 g/mol. The molecule has 0 bridgehead atoms. The van der Waals surface area contributed by atoms with Gasteiger partial charge in [0.15, 0.2) is 0 Å². The van der Waals surface area contributed by atoms with Gasteiger partial charge in [-0.2, -0.15) is 11.8 Å². The Labute approximate surface area is 133 Å². The highest BCUT2D eigenvalue weighted by molar-refractivity contribution is 8.00. The van der Waals surface area contributed by atoms with Crippen molar-refractivity contribution in [3.05, 3.63) is 42.5 Å². The molecule has 0 amide bonds. The molecule has 0 spiro atoms. The first kappa shape index (κ1) is 16.4. The van der Waals surface area contributed by atoms with Gasteiger partial charge in [0, 0.05) is 23.4 Å². The van der Waals surface area contributed by atoms with E-state index in [1.165, 1.54) is 37.7 Å². The maximum Gasteiger partial charge on any atom is 0.124 e. The second-order valence-corrected chi connectivity index (χ2v) is 7.03. The molecule has 0 aromatic heterocycles. The van der Waals surface area contributed by atoms with Crippen LogP contribution in [0.25, 0.3) is 0 Å². The predicted octanol–water partition coefficient (Wildman–Crippen LogP) is 4.41. The van der Waals surface area contributed by atoms with Gasteiger partial charge in [-0.3, -0.25) is 0 Å². The van der Waals surface area contributed by atoms with Gasteiger partial charge in [-0.05, 0) is 25.2 Å². The fourth-order valence-corrected chi connectivity index (χ4v) is 3.96. The molecule has 1 saturated carbocycles. The van der Waals surface area contributed by atoms with Crippen molar-refractivity contribution in [2.75, 3.05) is 19.4 Å². The molecule has 0 radical (unpaired) electrons. The smallest absolute Gasteiger partial charge is 0.124 e. The summed E-state index contributed by atoms with van der Waals surface area (Å²) >= 11 is 2.04. The van der Waals surface area contributed by atoms with Crippen LogP contribution in [0.3, 0.4) is 0 Å². The Morgan fingerprint density at radius 3 is 2.76 bits per heavy atom. The number of ether oxygens (including phenoxy) is 1. The number of hydrogen-bond acceptors (Lipinski definition) is 3. The second-order valence-electron chi connectivity index (χ2n) is 5.76. The molecule has 1 fully saturated rings. The Bertz CT molecular complexity index is 441. The normalized spacial score (nSPS) is 17.4. The van der Waals surface area contributed by atoms with Gasteiger partial charge < -0.3 is 10.1 Å². The van der Waals surface area contributed by atoms with Gasteiger partial charge in [0.05, 0.1) is 0 Å². The van der Waals surface area contributed by atoms with Crippen LogP contribution in [0, 0.1) is 0 Å². The molecule has 0 aliphatic heterocycles. The lowest BCUT2D eigenvalue weighted by molar-refractivity contribution is 0.354.